The lowest BCUT2D eigenvalue weighted by molar-refractivity contribution is 0.0369. The second-order valence-electron chi connectivity index (χ2n) is 7.94. The fourth-order valence-corrected chi connectivity index (χ4v) is 6.99. The number of hydrogen-bond acceptors (Lipinski definition) is 5. The fourth-order valence-electron chi connectivity index (χ4n) is 4.85. The lowest BCUT2D eigenvalue weighted by Crippen LogP contribution is -2.73. The Bertz CT molecular complexity index is 1180. The molecule has 1 unspecified atom stereocenters. The van der Waals surface area contributed by atoms with Gasteiger partial charge in [0.05, 0.1) is 0 Å². The molecule has 3 aromatic rings. The Balaban J connectivity index is 1.44. The highest BCUT2D eigenvalue weighted by Gasteiger charge is 2.57. The molecule has 2 saturated heterocycles. The van der Waals surface area contributed by atoms with Crippen LogP contribution in [0.15, 0.2) is 57.9 Å². The molecule has 0 aliphatic carbocycles. The van der Waals surface area contributed by atoms with Crippen LogP contribution in [0.2, 0.25) is 0 Å². The van der Waals surface area contributed by atoms with Gasteiger partial charge in [-0.15, -0.1) is 0 Å². The first-order valence-corrected chi connectivity index (χ1v) is 11.3. The van der Waals surface area contributed by atoms with E-state index in [1.165, 1.54) is 12.1 Å². The molecule has 3 atom stereocenters. The highest BCUT2D eigenvalue weighted by Crippen LogP contribution is 2.46. The smallest absolute Gasteiger partial charge is 0.249 e. The number of sulfonamides is 1. The van der Waals surface area contributed by atoms with E-state index < -0.39 is 10.0 Å². The summed E-state index contributed by atoms with van der Waals surface area (Å²) in [5.74, 6) is 0.167. The molecule has 30 heavy (non-hydrogen) atoms. The van der Waals surface area contributed by atoms with Crippen LogP contribution in [-0.4, -0.2) is 43.1 Å². The van der Waals surface area contributed by atoms with Crippen LogP contribution in [0.4, 0.5) is 4.39 Å². The highest BCUT2D eigenvalue weighted by atomic mass is 32.2. The molecule has 0 saturated carbocycles. The summed E-state index contributed by atoms with van der Waals surface area (Å²) in [6, 6.07) is 14.2. The summed E-state index contributed by atoms with van der Waals surface area (Å²) in [4.78, 5) is 0.180. The number of aryl methyl sites for hydroxylation is 2. The van der Waals surface area contributed by atoms with Crippen molar-refractivity contribution in [1.82, 2.24) is 14.8 Å². The van der Waals surface area contributed by atoms with E-state index in [1.54, 1.807) is 24.2 Å². The number of nitrogens with one attached hydrogen (secondary N) is 1. The first kappa shape index (κ1) is 19.4. The van der Waals surface area contributed by atoms with Gasteiger partial charge in [0.25, 0.3) is 0 Å². The predicted octanol–water partition coefficient (Wildman–Crippen LogP) is 3.23. The van der Waals surface area contributed by atoms with E-state index in [0.717, 1.165) is 16.7 Å². The zero-order valence-corrected chi connectivity index (χ0v) is 17.5. The summed E-state index contributed by atoms with van der Waals surface area (Å²) in [5.41, 5.74) is 3.24. The van der Waals surface area contributed by atoms with Crippen LogP contribution in [-0.2, 0) is 10.0 Å². The Morgan fingerprint density at radius 1 is 1.07 bits per heavy atom. The standard InChI is InChI=1S/C22H22FN3O3S/c1-13-22(14(2)29-25-13)30(27,28)26-19-11-24-12-20(26)21(19)16-8-6-15(7-9-16)17-4-3-5-18(23)10-17/h3-10,19-21,24H,11-12H2,1-2H3/t19-,20+,21?. The van der Waals surface area contributed by atoms with Gasteiger partial charge in [-0.25, -0.2) is 12.8 Å². The third kappa shape index (κ3) is 2.90. The molecule has 2 aromatic carbocycles. The van der Waals surface area contributed by atoms with Gasteiger partial charge >= 0.3 is 0 Å². The minimum atomic E-state index is -3.68. The van der Waals surface area contributed by atoms with Crippen molar-refractivity contribution in [1.29, 1.82) is 0 Å². The van der Waals surface area contributed by atoms with Crippen molar-refractivity contribution in [3.8, 4) is 11.1 Å². The molecule has 1 aromatic heterocycles. The van der Waals surface area contributed by atoms with Crippen molar-refractivity contribution >= 4 is 10.0 Å². The molecule has 3 heterocycles. The largest absolute Gasteiger partial charge is 0.360 e. The van der Waals surface area contributed by atoms with Gasteiger partial charge in [-0.1, -0.05) is 41.6 Å². The molecule has 2 aliphatic rings. The molecule has 156 valence electrons. The maximum atomic E-state index is 13.5. The van der Waals surface area contributed by atoms with E-state index in [4.69, 9.17) is 4.52 Å². The Kier molecular flexibility index (Phi) is 4.53. The molecule has 2 fully saturated rings. The molecule has 2 bridgehead atoms. The predicted molar refractivity (Wildman–Crippen MR) is 110 cm³/mol. The van der Waals surface area contributed by atoms with Gasteiger partial charge in [-0.05, 0) is 42.7 Å². The van der Waals surface area contributed by atoms with Crippen LogP contribution in [0, 0.1) is 19.7 Å². The maximum Gasteiger partial charge on any atom is 0.249 e. The number of fused-ring (bicyclic) bond motifs is 2. The number of rotatable bonds is 4. The van der Waals surface area contributed by atoms with Gasteiger partial charge in [0.15, 0.2) is 5.76 Å². The van der Waals surface area contributed by atoms with Crippen molar-refractivity contribution in [2.24, 2.45) is 0 Å². The van der Waals surface area contributed by atoms with Crippen LogP contribution < -0.4 is 5.32 Å². The summed E-state index contributed by atoms with van der Waals surface area (Å²) in [6.07, 6.45) is 0. The van der Waals surface area contributed by atoms with Gasteiger partial charge in [0, 0.05) is 31.1 Å². The molecule has 2 aliphatic heterocycles. The van der Waals surface area contributed by atoms with Crippen molar-refractivity contribution in [3.05, 3.63) is 71.4 Å². The number of hydrogen-bond donors (Lipinski definition) is 1. The third-order valence-electron chi connectivity index (χ3n) is 6.15. The van der Waals surface area contributed by atoms with Crippen LogP contribution in [0.3, 0.4) is 0 Å². The zero-order chi connectivity index (χ0) is 21.0. The lowest BCUT2D eigenvalue weighted by atomic mass is 9.74. The van der Waals surface area contributed by atoms with Gasteiger partial charge in [-0.2, -0.15) is 4.31 Å². The summed E-state index contributed by atoms with van der Waals surface area (Å²) in [7, 11) is -3.68. The molecule has 6 nitrogen and oxygen atoms in total. The summed E-state index contributed by atoms with van der Waals surface area (Å²) in [6.45, 7) is 4.47. The van der Waals surface area contributed by atoms with Crippen LogP contribution >= 0.6 is 0 Å². The van der Waals surface area contributed by atoms with E-state index in [9.17, 15) is 12.8 Å². The van der Waals surface area contributed by atoms with Gasteiger partial charge < -0.3 is 9.84 Å². The first-order chi connectivity index (χ1) is 14.4. The van der Waals surface area contributed by atoms with Gasteiger partial charge in [-0.3, -0.25) is 0 Å². The van der Waals surface area contributed by atoms with E-state index in [2.05, 4.69) is 10.5 Å². The molecular formula is C22H22FN3O3S. The zero-order valence-electron chi connectivity index (χ0n) is 16.7. The molecule has 0 amide bonds. The number of piperidine rings is 1. The number of halogens is 1. The molecule has 0 radical (unpaired) electrons. The van der Waals surface area contributed by atoms with Crippen molar-refractivity contribution < 1.29 is 17.3 Å². The van der Waals surface area contributed by atoms with Crippen molar-refractivity contribution in [3.63, 3.8) is 0 Å². The normalized spacial score (nSPS) is 23.9. The molecule has 8 heteroatoms. The maximum absolute atomic E-state index is 13.5. The van der Waals surface area contributed by atoms with Gasteiger partial charge in [0.1, 0.15) is 16.4 Å². The number of benzene rings is 2. The summed E-state index contributed by atoms with van der Waals surface area (Å²) < 4.78 is 46.9. The minimum Gasteiger partial charge on any atom is -0.360 e. The van der Waals surface area contributed by atoms with E-state index in [1.807, 2.05) is 30.3 Å². The molecular weight excluding hydrogens is 405 g/mol. The monoisotopic (exact) mass is 427 g/mol. The first-order valence-electron chi connectivity index (χ1n) is 9.91. The molecule has 1 N–H and O–H groups in total. The van der Waals surface area contributed by atoms with Crippen LogP contribution in [0.25, 0.3) is 11.1 Å². The quantitative estimate of drug-likeness (QED) is 0.692. The van der Waals surface area contributed by atoms with Gasteiger partial charge in [0.2, 0.25) is 10.0 Å². The minimum absolute atomic E-state index is 0.114. The fraction of sp³-hybridized carbons (Fsp3) is 0.318. The average molecular weight is 428 g/mol. The number of nitrogens with zero attached hydrogens (tertiary/aromatic N) is 2. The van der Waals surface area contributed by atoms with E-state index >= 15 is 0 Å². The SMILES string of the molecule is Cc1noc(C)c1S(=O)(=O)N1[C@@H]2CNC[C@H]1C2c1ccc(-c2cccc(F)c2)cc1. The Hall–Kier alpha value is -2.55. The number of piperazine rings is 1. The van der Waals surface area contributed by atoms with Crippen LogP contribution in [0.5, 0.6) is 0 Å². The highest BCUT2D eigenvalue weighted by molar-refractivity contribution is 7.89. The van der Waals surface area contributed by atoms with Crippen molar-refractivity contribution in [2.75, 3.05) is 13.1 Å². The van der Waals surface area contributed by atoms with Crippen LogP contribution in [0.1, 0.15) is 22.9 Å². The molecule has 0 spiro atoms. The summed E-state index contributed by atoms with van der Waals surface area (Å²) >= 11 is 0. The molecule has 5 rings (SSSR count). The second kappa shape index (κ2) is 7.01. The Morgan fingerprint density at radius 3 is 2.37 bits per heavy atom. The average Bonchev–Trinajstić information content (AvgIpc) is 3.08. The summed E-state index contributed by atoms with van der Waals surface area (Å²) in [5, 5.41) is 7.13. The second-order valence-corrected chi connectivity index (χ2v) is 9.72. The third-order valence-corrected chi connectivity index (χ3v) is 8.34. The Morgan fingerprint density at radius 2 is 1.77 bits per heavy atom. The van der Waals surface area contributed by atoms with E-state index in [-0.39, 0.29) is 28.7 Å². The lowest BCUT2D eigenvalue weighted by Gasteiger charge is -2.57. The number of aromatic nitrogens is 1. The van der Waals surface area contributed by atoms with E-state index in [0.29, 0.717) is 24.5 Å². The Labute approximate surface area is 174 Å². The topological polar surface area (TPSA) is 75.4 Å². The van der Waals surface area contributed by atoms with Crippen molar-refractivity contribution in [2.45, 2.75) is 36.7 Å².